The first-order chi connectivity index (χ1) is 8.50. The van der Waals surface area contributed by atoms with Gasteiger partial charge in [0.2, 0.25) is 0 Å². The largest absolute Gasteiger partial charge is 0.417 e. The highest BCUT2D eigenvalue weighted by Gasteiger charge is 2.33. The highest BCUT2D eigenvalue weighted by atomic mass is 19.4. The summed E-state index contributed by atoms with van der Waals surface area (Å²) in [6.45, 7) is 0.737. The number of nitrogens with zero attached hydrogens (tertiary/aromatic N) is 1. The molecule has 0 atom stereocenters. The summed E-state index contributed by atoms with van der Waals surface area (Å²) in [7, 11) is 0. The first-order valence-corrected chi connectivity index (χ1v) is 5.86. The summed E-state index contributed by atoms with van der Waals surface area (Å²) < 4.78 is 37.7. The van der Waals surface area contributed by atoms with Crippen LogP contribution in [0.15, 0.2) is 18.2 Å². The highest BCUT2D eigenvalue weighted by Crippen LogP contribution is 2.34. The third kappa shape index (κ3) is 3.16. The van der Waals surface area contributed by atoms with Gasteiger partial charge in [0, 0.05) is 12.2 Å². The average Bonchev–Trinajstić information content (AvgIpc) is 3.11. The minimum Gasteiger partial charge on any atom is -0.385 e. The molecule has 1 aromatic carbocycles. The molecule has 1 aliphatic rings. The molecule has 2 nitrogen and oxygen atoms in total. The molecule has 96 valence electrons. The number of hydrogen-bond acceptors (Lipinski definition) is 2. The van der Waals surface area contributed by atoms with E-state index in [1.807, 2.05) is 0 Å². The van der Waals surface area contributed by atoms with E-state index in [2.05, 4.69) is 5.32 Å². The number of anilines is 1. The fraction of sp³-hybridized carbons (Fsp3) is 0.462. The number of nitriles is 1. The molecule has 1 saturated carbocycles. The maximum absolute atomic E-state index is 12.6. The Morgan fingerprint density at radius 2 is 2.06 bits per heavy atom. The van der Waals surface area contributed by atoms with Gasteiger partial charge in [-0.2, -0.15) is 18.4 Å². The van der Waals surface area contributed by atoms with E-state index in [1.165, 1.54) is 25.0 Å². The molecule has 5 heteroatoms. The number of rotatable bonds is 4. The molecule has 0 bridgehead atoms. The monoisotopic (exact) mass is 254 g/mol. The zero-order valence-corrected chi connectivity index (χ0v) is 9.72. The van der Waals surface area contributed by atoms with Crippen molar-refractivity contribution in [3.63, 3.8) is 0 Å². The van der Waals surface area contributed by atoms with Gasteiger partial charge in [0.25, 0.3) is 0 Å². The number of halogens is 3. The lowest BCUT2D eigenvalue weighted by molar-refractivity contribution is -0.137. The van der Waals surface area contributed by atoms with Crippen molar-refractivity contribution < 1.29 is 13.2 Å². The van der Waals surface area contributed by atoms with Gasteiger partial charge in [-0.1, -0.05) is 12.8 Å². The smallest absolute Gasteiger partial charge is 0.385 e. The quantitative estimate of drug-likeness (QED) is 0.887. The molecule has 1 N–H and O–H groups in total. The molecular formula is C13H13F3N2. The molecule has 0 unspecified atom stereocenters. The van der Waals surface area contributed by atoms with Crippen LogP contribution in [0.5, 0.6) is 0 Å². The van der Waals surface area contributed by atoms with Gasteiger partial charge in [-0.15, -0.1) is 0 Å². The molecule has 0 aromatic heterocycles. The van der Waals surface area contributed by atoms with Gasteiger partial charge < -0.3 is 5.32 Å². The van der Waals surface area contributed by atoms with Gasteiger partial charge in [0.05, 0.1) is 17.2 Å². The second-order valence-corrected chi connectivity index (χ2v) is 4.53. The first-order valence-electron chi connectivity index (χ1n) is 5.86. The Kier molecular flexibility index (Phi) is 3.46. The summed E-state index contributed by atoms with van der Waals surface area (Å²) in [6.07, 6.45) is -0.948. The predicted octanol–water partition coefficient (Wildman–Crippen LogP) is 3.79. The molecule has 1 aliphatic carbocycles. The van der Waals surface area contributed by atoms with Crippen LogP contribution >= 0.6 is 0 Å². The molecule has 1 aromatic rings. The van der Waals surface area contributed by atoms with Gasteiger partial charge in [-0.05, 0) is 30.5 Å². The number of nitrogens with one attached hydrogen (secondary N) is 1. The SMILES string of the molecule is N#Cc1cc(NCCC2CC2)ccc1C(F)(F)F. The third-order valence-corrected chi connectivity index (χ3v) is 3.02. The molecule has 0 saturated heterocycles. The van der Waals surface area contributed by atoms with Crippen LogP contribution < -0.4 is 5.32 Å². The van der Waals surface area contributed by atoms with Crippen molar-refractivity contribution in [2.24, 2.45) is 5.92 Å². The van der Waals surface area contributed by atoms with Crippen LogP contribution in [0.1, 0.15) is 30.4 Å². The van der Waals surface area contributed by atoms with Gasteiger partial charge in [-0.25, -0.2) is 0 Å². The lowest BCUT2D eigenvalue weighted by atomic mass is 10.1. The van der Waals surface area contributed by atoms with Crippen LogP contribution in [0.25, 0.3) is 0 Å². The first kappa shape index (κ1) is 12.7. The van der Waals surface area contributed by atoms with E-state index in [4.69, 9.17) is 5.26 Å². The summed E-state index contributed by atoms with van der Waals surface area (Å²) in [4.78, 5) is 0. The van der Waals surface area contributed by atoms with Crippen molar-refractivity contribution in [2.75, 3.05) is 11.9 Å². The zero-order valence-electron chi connectivity index (χ0n) is 9.72. The van der Waals surface area contributed by atoms with Gasteiger partial charge >= 0.3 is 6.18 Å². The third-order valence-electron chi connectivity index (χ3n) is 3.02. The van der Waals surface area contributed by atoms with E-state index in [9.17, 15) is 13.2 Å². The summed E-state index contributed by atoms with van der Waals surface area (Å²) >= 11 is 0. The second kappa shape index (κ2) is 4.89. The van der Waals surface area contributed by atoms with Crippen molar-refractivity contribution >= 4 is 5.69 Å². The summed E-state index contributed by atoms with van der Waals surface area (Å²) in [5.74, 6) is 0.766. The van der Waals surface area contributed by atoms with E-state index >= 15 is 0 Å². The van der Waals surface area contributed by atoms with Crippen LogP contribution in [0.2, 0.25) is 0 Å². The summed E-state index contributed by atoms with van der Waals surface area (Å²) in [6, 6.07) is 5.18. The lowest BCUT2D eigenvalue weighted by Crippen LogP contribution is -2.09. The van der Waals surface area contributed by atoms with Crippen molar-refractivity contribution in [3.05, 3.63) is 29.3 Å². The molecule has 0 spiro atoms. The minimum atomic E-state index is -4.47. The van der Waals surface area contributed by atoms with Crippen LogP contribution in [-0.2, 0) is 6.18 Å². The topological polar surface area (TPSA) is 35.8 Å². The Hall–Kier alpha value is -1.70. The number of alkyl halides is 3. The molecule has 0 heterocycles. The molecular weight excluding hydrogens is 241 g/mol. The standard InChI is InChI=1S/C13H13F3N2/c14-13(15,16)12-4-3-11(7-10(12)8-17)18-6-5-9-1-2-9/h3-4,7,9,18H,1-2,5-6H2. The Morgan fingerprint density at radius 1 is 1.33 bits per heavy atom. The molecule has 0 aliphatic heterocycles. The second-order valence-electron chi connectivity index (χ2n) is 4.53. The van der Waals surface area contributed by atoms with E-state index in [0.29, 0.717) is 5.69 Å². The number of benzene rings is 1. The molecule has 0 radical (unpaired) electrons. The van der Waals surface area contributed by atoms with Gasteiger partial charge in [0.1, 0.15) is 0 Å². The van der Waals surface area contributed by atoms with Crippen molar-refractivity contribution in [1.82, 2.24) is 0 Å². The Labute approximate surface area is 103 Å². The maximum Gasteiger partial charge on any atom is 0.417 e. The average molecular weight is 254 g/mol. The van der Waals surface area contributed by atoms with E-state index in [0.717, 1.165) is 24.9 Å². The Morgan fingerprint density at radius 3 is 2.61 bits per heavy atom. The molecule has 0 amide bonds. The van der Waals surface area contributed by atoms with Crippen molar-refractivity contribution in [1.29, 1.82) is 5.26 Å². The predicted molar refractivity (Wildman–Crippen MR) is 62.0 cm³/mol. The normalized spacial score (nSPS) is 15.2. The molecule has 1 fully saturated rings. The fourth-order valence-corrected chi connectivity index (χ4v) is 1.82. The van der Waals surface area contributed by atoms with Crippen molar-refractivity contribution in [2.45, 2.75) is 25.4 Å². The van der Waals surface area contributed by atoms with E-state index < -0.39 is 11.7 Å². The lowest BCUT2D eigenvalue weighted by Gasteiger charge is -2.11. The summed E-state index contributed by atoms with van der Waals surface area (Å²) in [5.41, 5.74) is -0.642. The van der Waals surface area contributed by atoms with Gasteiger partial charge in [0.15, 0.2) is 0 Å². The summed E-state index contributed by atoms with van der Waals surface area (Å²) in [5, 5.41) is 11.8. The molecule has 18 heavy (non-hydrogen) atoms. The minimum absolute atomic E-state index is 0.334. The van der Waals surface area contributed by atoms with Crippen LogP contribution in [0.3, 0.4) is 0 Å². The van der Waals surface area contributed by atoms with Crippen LogP contribution in [0, 0.1) is 17.2 Å². The Balaban J connectivity index is 2.06. The van der Waals surface area contributed by atoms with E-state index in [1.54, 1.807) is 6.07 Å². The Bertz CT molecular complexity index is 470. The highest BCUT2D eigenvalue weighted by molar-refractivity contribution is 5.53. The zero-order chi connectivity index (χ0) is 13.2. The number of hydrogen-bond donors (Lipinski definition) is 1. The maximum atomic E-state index is 12.6. The van der Waals surface area contributed by atoms with Gasteiger partial charge in [-0.3, -0.25) is 0 Å². The van der Waals surface area contributed by atoms with E-state index in [-0.39, 0.29) is 5.56 Å². The fourth-order valence-electron chi connectivity index (χ4n) is 1.82. The van der Waals surface area contributed by atoms with Crippen LogP contribution in [-0.4, -0.2) is 6.54 Å². The molecule has 2 rings (SSSR count). The van der Waals surface area contributed by atoms with Crippen LogP contribution in [0.4, 0.5) is 18.9 Å². The van der Waals surface area contributed by atoms with Crippen molar-refractivity contribution in [3.8, 4) is 6.07 Å².